The molecule has 2 aliphatic rings. The van der Waals surface area contributed by atoms with E-state index in [0.717, 1.165) is 30.8 Å². The van der Waals surface area contributed by atoms with E-state index in [1.54, 1.807) is 0 Å². The minimum atomic E-state index is -0.958. The molecule has 1 saturated heterocycles. The van der Waals surface area contributed by atoms with Gasteiger partial charge in [-0.2, -0.15) is 0 Å². The van der Waals surface area contributed by atoms with E-state index in [1.807, 2.05) is 24.3 Å². The second-order valence-corrected chi connectivity index (χ2v) is 9.09. The molecule has 1 unspecified atom stereocenters. The first-order chi connectivity index (χ1) is 17.9. The predicted octanol–water partition coefficient (Wildman–Crippen LogP) is 1.30. The van der Waals surface area contributed by atoms with Crippen molar-refractivity contribution in [2.75, 3.05) is 38.7 Å². The Balaban J connectivity index is 1.62. The first-order valence-corrected chi connectivity index (χ1v) is 12.2. The summed E-state index contributed by atoms with van der Waals surface area (Å²) in [7, 11) is 1.43. The SMILES string of the molecule is CNC(=O)C(CCC=O)N1Cc2c(NCc3ccccc3CN3CCOCC3)c(O)c(O)c(O)c2C1=O. The number of benzene rings is 2. The van der Waals surface area contributed by atoms with Gasteiger partial charge < -0.3 is 40.4 Å². The number of phenols is 3. The maximum absolute atomic E-state index is 13.3. The molecule has 11 nitrogen and oxygen atoms in total. The number of nitrogens with one attached hydrogen (secondary N) is 2. The molecular formula is C26H32N4O7. The van der Waals surface area contributed by atoms with Crippen LogP contribution in [0.4, 0.5) is 5.69 Å². The van der Waals surface area contributed by atoms with Gasteiger partial charge in [0.05, 0.1) is 24.5 Å². The molecule has 11 heteroatoms. The van der Waals surface area contributed by atoms with Crippen LogP contribution in [0.15, 0.2) is 24.3 Å². The lowest BCUT2D eigenvalue weighted by molar-refractivity contribution is -0.125. The quantitative estimate of drug-likeness (QED) is 0.180. The fraction of sp³-hybridized carbons (Fsp3) is 0.423. The Morgan fingerprint density at radius 2 is 1.81 bits per heavy atom. The van der Waals surface area contributed by atoms with Crippen LogP contribution in [-0.2, 0) is 34.0 Å². The van der Waals surface area contributed by atoms with Gasteiger partial charge in [-0.05, 0) is 17.5 Å². The zero-order chi connectivity index (χ0) is 26.5. The van der Waals surface area contributed by atoms with Crippen LogP contribution in [0.1, 0.15) is 39.9 Å². The van der Waals surface area contributed by atoms with Crippen LogP contribution in [0.25, 0.3) is 0 Å². The number of aldehydes is 1. The molecule has 1 fully saturated rings. The lowest BCUT2D eigenvalue weighted by atomic mass is 10.0. The van der Waals surface area contributed by atoms with Gasteiger partial charge in [-0.25, -0.2) is 0 Å². The first-order valence-electron chi connectivity index (χ1n) is 12.2. The highest BCUT2D eigenvalue weighted by Gasteiger charge is 2.41. The zero-order valence-electron chi connectivity index (χ0n) is 20.7. The minimum absolute atomic E-state index is 0.0612. The number of hydrogen-bond acceptors (Lipinski definition) is 9. The second kappa shape index (κ2) is 11.5. The number of carbonyl (C=O) groups is 3. The van der Waals surface area contributed by atoms with Crippen molar-refractivity contribution in [3.05, 3.63) is 46.5 Å². The lowest BCUT2D eigenvalue weighted by Gasteiger charge is -2.27. The highest BCUT2D eigenvalue weighted by atomic mass is 16.5. The van der Waals surface area contributed by atoms with Crippen LogP contribution in [0.3, 0.4) is 0 Å². The number of nitrogens with zero attached hydrogens (tertiary/aromatic N) is 2. The van der Waals surface area contributed by atoms with Crippen LogP contribution in [-0.4, -0.2) is 82.6 Å². The summed E-state index contributed by atoms with van der Waals surface area (Å²) in [6.07, 6.45) is 0.825. The highest BCUT2D eigenvalue weighted by molar-refractivity contribution is 6.06. The third kappa shape index (κ3) is 5.32. The molecule has 37 heavy (non-hydrogen) atoms. The summed E-state index contributed by atoms with van der Waals surface area (Å²) in [5.41, 5.74) is 2.24. The average molecular weight is 513 g/mol. The number of hydrogen-bond donors (Lipinski definition) is 5. The van der Waals surface area contributed by atoms with Gasteiger partial charge in [-0.3, -0.25) is 14.5 Å². The number of ether oxygens (including phenoxy) is 1. The Bertz CT molecular complexity index is 1180. The Hall–Kier alpha value is -3.83. The van der Waals surface area contributed by atoms with E-state index in [1.165, 1.54) is 11.9 Å². The van der Waals surface area contributed by atoms with Crippen molar-refractivity contribution >= 4 is 23.8 Å². The van der Waals surface area contributed by atoms with E-state index in [4.69, 9.17) is 4.74 Å². The summed E-state index contributed by atoms with van der Waals surface area (Å²) in [6, 6.07) is 6.89. The summed E-state index contributed by atoms with van der Waals surface area (Å²) < 4.78 is 5.43. The molecule has 198 valence electrons. The number of anilines is 1. The summed E-state index contributed by atoms with van der Waals surface area (Å²) >= 11 is 0. The molecule has 0 radical (unpaired) electrons. The molecule has 1 atom stereocenters. The van der Waals surface area contributed by atoms with Crippen LogP contribution in [0.5, 0.6) is 17.2 Å². The first kappa shape index (κ1) is 26.2. The summed E-state index contributed by atoms with van der Waals surface area (Å²) in [5, 5.41) is 37.3. The lowest BCUT2D eigenvalue weighted by Crippen LogP contribution is -2.46. The van der Waals surface area contributed by atoms with E-state index in [-0.39, 0.29) is 42.7 Å². The average Bonchev–Trinajstić information content (AvgIpc) is 3.25. The van der Waals surface area contributed by atoms with Crippen LogP contribution < -0.4 is 10.6 Å². The standard InChI is InChI=1S/C26H32N4O7/c1-27-25(35)19(7-4-10-31)30-15-18-20(26(30)36)22(32)24(34)23(33)21(18)28-13-16-5-2-3-6-17(16)14-29-8-11-37-12-9-29/h2-3,5-6,10,19,28,32-34H,4,7-9,11-15H2,1H3,(H,27,35). The number of morpholine rings is 1. The third-order valence-corrected chi connectivity index (χ3v) is 6.88. The van der Waals surface area contributed by atoms with Gasteiger partial charge in [-0.15, -0.1) is 0 Å². The zero-order valence-corrected chi connectivity index (χ0v) is 20.7. The topological polar surface area (TPSA) is 152 Å². The molecule has 2 aromatic carbocycles. The molecule has 4 rings (SSSR count). The Kier molecular flexibility index (Phi) is 8.14. The van der Waals surface area contributed by atoms with Gasteiger partial charge in [-0.1, -0.05) is 24.3 Å². The van der Waals surface area contributed by atoms with Crippen LogP contribution in [0.2, 0.25) is 0 Å². The monoisotopic (exact) mass is 512 g/mol. The normalized spacial score (nSPS) is 16.4. The van der Waals surface area contributed by atoms with Gasteiger partial charge in [0.25, 0.3) is 5.91 Å². The molecule has 2 aliphatic heterocycles. The molecular weight excluding hydrogens is 480 g/mol. The van der Waals surface area contributed by atoms with Crippen molar-refractivity contribution in [3.63, 3.8) is 0 Å². The number of rotatable bonds is 10. The van der Waals surface area contributed by atoms with Crippen molar-refractivity contribution in [2.24, 2.45) is 0 Å². The fourth-order valence-electron chi connectivity index (χ4n) is 4.87. The van der Waals surface area contributed by atoms with Gasteiger partial charge in [0.2, 0.25) is 11.7 Å². The number of likely N-dealkylation sites (N-methyl/N-ethyl adjacent to an activating group) is 1. The minimum Gasteiger partial charge on any atom is -0.504 e. The van der Waals surface area contributed by atoms with Gasteiger partial charge >= 0.3 is 0 Å². The molecule has 0 spiro atoms. The third-order valence-electron chi connectivity index (χ3n) is 6.88. The van der Waals surface area contributed by atoms with E-state index in [0.29, 0.717) is 19.5 Å². The van der Waals surface area contributed by atoms with Gasteiger partial charge in [0, 0.05) is 51.8 Å². The molecule has 0 bridgehead atoms. The molecule has 2 heterocycles. The summed E-state index contributed by atoms with van der Waals surface area (Å²) in [4.78, 5) is 40.3. The number of amides is 2. The second-order valence-electron chi connectivity index (χ2n) is 9.09. The van der Waals surface area contributed by atoms with E-state index in [9.17, 15) is 29.7 Å². The molecule has 2 aromatic rings. The fourth-order valence-corrected chi connectivity index (χ4v) is 4.87. The number of aromatic hydroxyl groups is 3. The van der Waals surface area contributed by atoms with Crippen molar-refractivity contribution in [1.29, 1.82) is 0 Å². The summed E-state index contributed by atoms with van der Waals surface area (Å²) in [5.74, 6) is -3.27. The van der Waals surface area contributed by atoms with Crippen LogP contribution in [0, 0.1) is 0 Å². The molecule has 5 N–H and O–H groups in total. The summed E-state index contributed by atoms with van der Waals surface area (Å²) in [6.45, 7) is 3.94. The maximum atomic E-state index is 13.3. The van der Waals surface area contributed by atoms with Crippen molar-refractivity contribution < 1.29 is 34.4 Å². The molecule has 0 saturated carbocycles. The number of carbonyl (C=O) groups excluding carboxylic acids is 3. The van der Waals surface area contributed by atoms with Crippen LogP contribution >= 0.6 is 0 Å². The highest BCUT2D eigenvalue weighted by Crippen LogP contribution is 2.50. The van der Waals surface area contributed by atoms with E-state index >= 15 is 0 Å². The Morgan fingerprint density at radius 1 is 1.11 bits per heavy atom. The number of phenolic OH excluding ortho intramolecular Hbond substituents is 3. The molecule has 0 aromatic heterocycles. The van der Waals surface area contributed by atoms with Crippen molar-refractivity contribution in [2.45, 2.75) is 38.5 Å². The predicted molar refractivity (Wildman–Crippen MR) is 134 cm³/mol. The van der Waals surface area contributed by atoms with Crippen molar-refractivity contribution in [1.82, 2.24) is 15.1 Å². The molecule has 2 amide bonds. The Morgan fingerprint density at radius 3 is 2.49 bits per heavy atom. The Labute approximate surface area is 214 Å². The van der Waals surface area contributed by atoms with E-state index in [2.05, 4.69) is 15.5 Å². The maximum Gasteiger partial charge on any atom is 0.259 e. The van der Waals surface area contributed by atoms with Crippen molar-refractivity contribution in [3.8, 4) is 17.2 Å². The van der Waals surface area contributed by atoms with Gasteiger partial charge in [0.1, 0.15) is 12.3 Å². The number of fused-ring (bicyclic) bond motifs is 1. The van der Waals surface area contributed by atoms with Gasteiger partial charge in [0.15, 0.2) is 11.5 Å². The smallest absolute Gasteiger partial charge is 0.259 e. The molecule has 0 aliphatic carbocycles. The van der Waals surface area contributed by atoms with E-state index < -0.39 is 35.1 Å². The largest absolute Gasteiger partial charge is 0.504 e.